The Morgan fingerprint density at radius 1 is 1.11 bits per heavy atom. The molecule has 0 aromatic carbocycles. The second-order valence-electron chi connectivity index (χ2n) is 1.42. The minimum absolute atomic E-state index is 1.44. The van der Waals surface area contributed by atoms with Crippen LogP contribution in [0.25, 0.3) is 0 Å². The molecule has 0 saturated heterocycles. The van der Waals surface area contributed by atoms with Crippen molar-refractivity contribution >= 4 is 0 Å². The molecule has 1 aromatic heterocycles. The number of nitrogens with one attached hydrogen (secondary N) is 1. The zero-order valence-electron chi connectivity index (χ0n) is 4.86. The first-order valence-corrected chi connectivity index (χ1v) is 2.62. The number of aromatic nitrogens is 3. The van der Waals surface area contributed by atoms with E-state index in [9.17, 15) is 0 Å². The van der Waals surface area contributed by atoms with Gasteiger partial charge in [0, 0.05) is 12.4 Å². The normalized spacial score (nSPS) is 8.00. The molecule has 0 amide bonds. The van der Waals surface area contributed by atoms with Gasteiger partial charge in [-0.25, -0.2) is 4.98 Å². The first-order chi connectivity index (χ1) is 4.50. The van der Waals surface area contributed by atoms with E-state index in [0.717, 1.165) is 0 Å². The van der Waals surface area contributed by atoms with Crippen LogP contribution in [0.4, 0.5) is 0 Å². The highest BCUT2D eigenvalue weighted by Crippen LogP contribution is 1.69. The van der Waals surface area contributed by atoms with Gasteiger partial charge >= 0.3 is 0 Å². The minimum atomic E-state index is 1.44. The maximum Gasteiger partial charge on any atom is 0.135 e. The smallest absolute Gasteiger partial charge is 0.135 e. The first-order valence-electron chi connectivity index (χ1n) is 2.62. The Morgan fingerprint density at radius 2 is 2.11 bits per heavy atom. The van der Waals surface area contributed by atoms with Crippen molar-refractivity contribution < 1.29 is 0 Å². The van der Waals surface area contributed by atoms with Gasteiger partial charge < -0.3 is 0 Å². The highest BCUT2D eigenvalue weighted by atomic mass is 15.1. The molecular formula is C6H7N3. The van der Waals surface area contributed by atoms with Crippen LogP contribution < -0.4 is 0 Å². The molecule has 0 radical (unpaired) electrons. The van der Waals surface area contributed by atoms with E-state index in [1.165, 1.54) is 6.33 Å². The van der Waals surface area contributed by atoms with Gasteiger partial charge in [-0.2, -0.15) is 5.10 Å². The third kappa shape index (κ3) is 2.43. The predicted molar refractivity (Wildman–Crippen MR) is 34.0 cm³/mol. The molecule has 0 fully saturated rings. The fourth-order valence-electron chi connectivity index (χ4n) is 0.410. The lowest BCUT2D eigenvalue weighted by Crippen LogP contribution is -1.68. The Balaban J connectivity index is 3.04. The third-order valence-electron chi connectivity index (χ3n) is 0.764. The molecule has 46 valence electrons. The summed E-state index contributed by atoms with van der Waals surface area (Å²) >= 11 is 0. The summed E-state index contributed by atoms with van der Waals surface area (Å²) in [6.07, 6.45) is 4.84. The SMILES string of the molecule is c1ccncn[nH]cc1. The van der Waals surface area contributed by atoms with Crippen molar-refractivity contribution in [3.63, 3.8) is 0 Å². The number of aromatic amines is 1. The summed E-state index contributed by atoms with van der Waals surface area (Å²) in [4.78, 5) is 3.78. The van der Waals surface area contributed by atoms with Crippen LogP contribution in [0.3, 0.4) is 0 Å². The zero-order chi connectivity index (χ0) is 6.36. The van der Waals surface area contributed by atoms with Crippen LogP contribution >= 0.6 is 0 Å². The van der Waals surface area contributed by atoms with E-state index in [4.69, 9.17) is 0 Å². The van der Waals surface area contributed by atoms with Crippen LogP contribution in [-0.4, -0.2) is 15.2 Å². The monoisotopic (exact) mass is 121 g/mol. The molecule has 3 nitrogen and oxygen atoms in total. The molecule has 3 heteroatoms. The Hall–Kier alpha value is -1.38. The predicted octanol–water partition coefficient (Wildman–Crippen LogP) is 0.929. The molecule has 0 saturated carbocycles. The number of nitrogens with zero attached hydrogens (tertiary/aromatic N) is 2. The molecule has 0 aliphatic heterocycles. The van der Waals surface area contributed by atoms with Gasteiger partial charge in [0.2, 0.25) is 0 Å². The standard InChI is InChI=1S/C6H7N3/c1-2-4-7-6-9-8-5-3-1/h1-6,8H. The molecule has 0 aliphatic carbocycles. The van der Waals surface area contributed by atoms with Crippen molar-refractivity contribution in [2.24, 2.45) is 0 Å². The Morgan fingerprint density at radius 3 is 3.11 bits per heavy atom. The highest BCUT2D eigenvalue weighted by molar-refractivity contribution is 4.83. The topological polar surface area (TPSA) is 41.6 Å². The number of hydrogen-bond donors (Lipinski definition) is 1. The summed E-state index contributed by atoms with van der Waals surface area (Å²) in [7, 11) is 0. The van der Waals surface area contributed by atoms with Crippen molar-refractivity contribution in [3.8, 4) is 0 Å². The van der Waals surface area contributed by atoms with Crippen LogP contribution in [0.5, 0.6) is 0 Å². The second kappa shape index (κ2) is 3.60. The van der Waals surface area contributed by atoms with Crippen LogP contribution in [0.15, 0.2) is 36.9 Å². The number of H-pyrrole nitrogens is 1. The summed E-state index contributed by atoms with van der Waals surface area (Å²) in [5.74, 6) is 0. The lowest BCUT2D eigenvalue weighted by Gasteiger charge is -1.64. The maximum absolute atomic E-state index is 3.78. The van der Waals surface area contributed by atoms with Crippen molar-refractivity contribution in [3.05, 3.63) is 36.9 Å². The van der Waals surface area contributed by atoms with E-state index < -0.39 is 0 Å². The van der Waals surface area contributed by atoms with E-state index in [0.29, 0.717) is 0 Å². The Bertz CT molecular complexity index is 130. The van der Waals surface area contributed by atoms with Crippen molar-refractivity contribution in [1.29, 1.82) is 0 Å². The lowest BCUT2D eigenvalue weighted by molar-refractivity contribution is 1.01. The summed E-state index contributed by atoms with van der Waals surface area (Å²) in [5.41, 5.74) is 0. The lowest BCUT2D eigenvalue weighted by atomic mass is 10.6. The summed E-state index contributed by atoms with van der Waals surface area (Å²) in [6, 6.07) is 5.54. The van der Waals surface area contributed by atoms with E-state index in [2.05, 4.69) is 15.2 Å². The molecule has 1 N–H and O–H groups in total. The average Bonchev–Trinajstić information content (AvgIpc) is 2.00. The van der Waals surface area contributed by atoms with Crippen LogP contribution in [0, 0.1) is 0 Å². The van der Waals surface area contributed by atoms with E-state index in [1.807, 2.05) is 18.2 Å². The summed E-state index contributed by atoms with van der Waals surface area (Å²) in [5, 5.41) is 6.34. The van der Waals surface area contributed by atoms with Gasteiger partial charge in [-0.3, -0.25) is 5.10 Å². The molecule has 0 bridgehead atoms. The molecule has 0 atom stereocenters. The number of hydrogen-bond acceptors (Lipinski definition) is 2. The van der Waals surface area contributed by atoms with Crippen LogP contribution in [-0.2, 0) is 0 Å². The Kier molecular flexibility index (Phi) is 2.30. The van der Waals surface area contributed by atoms with Gasteiger partial charge in [-0.1, -0.05) is 6.07 Å². The van der Waals surface area contributed by atoms with Gasteiger partial charge in [0.1, 0.15) is 6.33 Å². The molecule has 0 unspecified atom stereocenters. The molecular weight excluding hydrogens is 114 g/mol. The van der Waals surface area contributed by atoms with Crippen molar-refractivity contribution in [1.82, 2.24) is 15.2 Å². The summed E-state index contributed by atoms with van der Waals surface area (Å²) in [6.45, 7) is 0. The van der Waals surface area contributed by atoms with Gasteiger partial charge in [0.05, 0.1) is 0 Å². The van der Waals surface area contributed by atoms with E-state index >= 15 is 0 Å². The van der Waals surface area contributed by atoms with E-state index in [1.54, 1.807) is 12.4 Å². The molecule has 1 rings (SSSR count). The Labute approximate surface area is 53.1 Å². The van der Waals surface area contributed by atoms with Gasteiger partial charge in [0.15, 0.2) is 0 Å². The highest BCUT2D eigenvalue weighted by Gasteiger charge is 1.57. The van der Waals surface area contributed by atoms with Gasteiger partial charge in [-0.15, -0.1) is 0 Å². The molecule has 0 spiro atoms. The van der Waals surface area contributed by atoms with Crippen molar-refractivity contribution in [2.45, 2.75) is 0 Å². The van der Waals surface area contributed by atoms with E-state index in [-0.39, 0.29) is 0 Å². The first kappa shape index (κ1) is 5.75. The fourth-order valence-corrected chi connectivity index (χ4v) is 0.410. The molecule has 9 heavy (non-hydrogen) atoms. The zero-order valence-corrected chi connectivity index (χ0v) is 4.86. The largest absolute Gasteiger partial charge is 0.284 e. The maximum atomic E-state index is 3.78. The molecule has 0 aliphatic rings. The van der Waals surface area contributed by atoms with Gasteiger partial charge in [0.25, 0.3) is 0 Å². The quantitative estimate of drug-likeness (QED) is 0.554. The van der Waals surface area contributed by atoms with Crippen LogP contribution in [0.2, 0.25) is 0 Å². The fraction of sp³-hybridized carbons (Fsp3) is 0. The second-order valence-corrected chi connectivity index (χ2v) is 1.42. The average molecular weight is 121 g/mol. The third-order valence-corrected chi connectivity index (χ3v) is 0.764. The van der Waals surface area contributed by atoms with Crippen molar-refractivity contribution in [2.75, 3.05) is 0 Å². The molecule has 1 heterocycles. The summed E-state index contributed by atoms with van der Waals surface area (Å²) < 4.78 is 0. The molecule has 1 aromatic rings. The number of rotatable bonds is 0. The minimum Gasteiger partial charge on any atom is -0.284 e. The van der Waals surface area contributed by atoms with Gasteiger partial charge in [-0.05, 0) is 12.1 Å². The van der Waals surface area contributed by atoms with Crippen LogP contribution in [0.1, 0.15) is 0 Å².